The number of rotatable bonds is 5. The zero-order valence-corrected chi connectivity index (χ0v) is 31.9. The summed E-state index contributed by atoms with van der Waals surface area (Å²) in [5.41, 5.74) is 9.06. The van der Waals surface area contributed by atoms with Gasteiger partial charge in [-0.1, -0.05) is 146 Å². The third-order valence-electron chi connectivity index (χ3n) is 11.3. The topological polar surface area (TPSA) is 51.8 Å². The van der Waals surface area contributed by atoms with Crippen LogP contribution in [0.4, 0.5) is 0 Å². The van der Waals surface area contributed by atoms with Crippen molar-refractivity contribution >= 4 is 75.0 Å². The molecule has 0 aliphatic rings. The fraction of sp³-hybridized carbons (Fsp3) is 0. The van der Waals surface area contributed by atoms with Crippen LogP contribution >= 0.6 is 11.3 Å². The van der Waals surface area contributed by atoms with Crippen LogP contribution in [0.1, 0.15) is 0 Å². The number of benzene rings is 9. The molecule has 0 radical (unpaired) electrons. The molecule has 58 heavy (non-hydrogen) atoms. The molecule has 0 atom stereocenters. The summed E-state index contributed by atoms with van der Waals surface area (Å²) >= 11 is 1.79. The molecule has 0 fully saturated rings. The number of thiophene rings is 1. The lowest BCUT2D eigenvalue weighted by Gasteiger charge is -2.12. The average Bonchev–Trinajstić information content (AvgIpc) is 3.87. The number of fused-ring (bicyclic) bond motifs is 9. The number of furan rings is 1. The average molecular weight is 758 g/mol. The van der Waals surface area contributed by atoms with Crippen LogP contribution in [0.3, 0.4) is 0 Å². The summed E-state index contributed by atoms with van der Waals surface area (Å²) in [6.07, 6.45) is 0. The summed E-state index contributed by atoms with van der Waals surface area (Å²) in [6.45, 7) is 0. The van der Waals surface area contributed by atoms with E-state index in [1.54, 1.807) is 11.3 Å². The molecule has 0 saturated carbocycles. The summed E-state index contributed by atoms with van der Waals surface area (Å²) in [4.78, 5) is 15.5. The summed E-state index contributed by atoms with van der Waals surface area (Å²) in [5, 5.41) is 9.51. The van der Waals surface area contributed by atoms with Crippen molar-refractivity contribution in [2.45, 2.75) is 0 Å². The second-order valence-corrected chi connectivity index (χ2v) is 15.8. The van der Waals surface area contributed by atoms with Crippen LogP contribution in [0, 0.1) is 0 Å². The Balaban J connectivity index is 1.03. The second kappa shape index (κ2) is 13.1. The minimum atomic E-state index is 0.622. The normalized spacial score (nSPS) is 11.8. The summed E-state index contributed by atoms with van der Waals surface area (Å²) in [6, 6.07) is 66.3. The molecule has 3 heterocycles. The maximum atomic E-state index is 6.53. The predicted octanol–water partition coefficient (Wildman–Crippen LogP) is 14.8. The zero-order valence-electron chi connectivity index (χ0n) is 31.1. The molecule has 270 valence electrons. The Morgan fingerprint density at radius 1 is 0.328 bits per heavy atom. The standard InChI is InChI=1S/C53H31N3OS/c1-2-13-32(14-3-1)51-54-52(56-53(55-51)42-23-12-26-48-50(42)41-21-8-9-25-47(41)58-48)36-17-10-16-33(29-36)38-22-11-24-46-49(38)44-31-35(27-28-45(44)57-46)43-30-34-15-4-5-18-37(34)39-19-6-7-20-40(39)43/h1-31H. The maximum Gasteiger partial charge on any atom is 0.164 e. The lowest BCUT2D eigenvalue weighted by Crippen LogP contribution is -2.00. The molecule has 0 N–H and O–H groups in total. The highest BCUT2D eigenvalue weighted by Gasteiger charge is 2.19. The van der Waals surface area contributed by atoms with Gasteiger partial charge in [-0.15, -0.1) is 11.3 Å². The van der Waals surface area contributed by atoms with Crippen LogP contribution in [-0.2, 0) is 0 Å². The van der Waals surface area contributed by atoms with Crippen molar-refractivity contribution in [3.63, 3.8) is 0 Å². The van der Waals surface area contributed by atoms with Crippen LogP contribution in [0.2, 0.25) is 0 Å². The molecule has 0 aliphatic carbocycles. The van der Waals surface area contributed by atoms with E-state index in [-0.39, 0.29) is 0 Å². The van der Waals surface area contributed by atoms with Gasteiger partial charge < -0.3 is 4.42 Å². The van der Waals surface area contributed by atoms with E-state index < -0.39 is 0 Å². The van der Waals surface area contributed by atoms with Gasteiger partial charge in [-0.3, -0.25) is 0 Å². The molecule has 0 saturated heterocycles. The van der Waals surface area contributed by atoms with Crippen molar-refractivity contribution in [1.82, 2.24) is 15.0 Å². The van der Waals surface area contributed by atoms with E-state index in [1.165, 1.54) is 47.3 Å². The second-order valence-electron chi connectivity index (χ2n) is 14.7. The Hall–Kier alpha value is -7.47. The maximum absolute atomic E-state index is 6.53. The molecular formula is C53H31N3OS. The predicted molar refractivity (Wildman–Crippen MR) is 242 cm³/mol. The molecule has 3 aromatic heterocycles. The monoisotopic (exact) mass is 757 g/mol. The van der Waals surface area contributed by atoms with Crippen molar-refractivity contribution in [2.75, 3.05) is 0 Å². The molecule has 12 rings (SSSR count). The molecule has 9 aromatic carbocycles. The minimum absolute atomic E-state index is 0.622. The zero-order chi connectivity index (χ0) is 38.2. The van der Waals surface area contributed by atoms with Crippen molar-refractivity contribution in [3.05, 3.63) is 188 Å². The Bertz CT molecular complexity index is 3590. The van der Waals surface area contributed by atoms with Gasteiger partial charge in [0.15, 0.2) is 17.5 Å². The molecule has 0 amide bonds. The quantitative estimate of drug-likeness (QED) is 0.164. The smallest absolute Gasteiger partial charge is 0.164 e. The minimum Gasteiger partial charge on any atom is -0.456 e. The van der Waals surface area contributed by atoms with E-state index >= 15 is 0 Å². The van der Waals surface area contributed by atoms with Gasteiger partial charge in [0.05, 0.1) is 0 Å². The van der Waals surface area contributed by atoms with Crippen LogP contribution in [0.15, 0.2) is 192 Å². The SMILES string of the molecule is c1ccc(-c2nc(-c3cccc(-c4cccc5oc6ccc(-c7cc8ccccc8c8ccccc78)cc6c45)c3)nc(-c3cccc4sc5ccccc5c34)n2)cc1. The fourth-order valence-electron chi connectivity index (χ4n) is 8.66. The van der Waals surface area contributed by atoms with Crippen LogP contribution in [0.5, 0.6) is 0 Å². The third-order valence-corrected chi connectivity index (χ3v) is 12.5. The van der Waals surface area contributed by atoms with Gasteiger partial charge >= 0.3 is 0 Å². The summed E-state index contributed by atoms with van der Waals surface area (Å²) in [7, 11) is 0. The van der Waals surface area contributed by atoms with Gasteiger partial charge in [-0.05, 0) is 86.3 Å². The highest BCUT2D eigenvalue weighted by Crippen LogP contribution is 2.43. The first kappa shape index (κ1) is 32.7. The van der Waals surface area contributed by atoms with Gasteiger partial charge in [0, 0.05) is 47.6 Å². The van der Waals surface area contributed by atoms with Gasteiger partial charge in [0.25, 0.3) is 0 Å². The first-order chi connectivity index (χ1) is 28.7. The van der Waals surface area contributed by atoms with Crippen molar-refractivity contribution in [3.8, 4) is 56.4 Å². The molecule has 5 heteroatoms. The van der Waals surface area contributed by atoms with Gasteiger partial charge in [-0.2, -0.15) is 0 Å². The van der Waals surface area contributed by atoms with Crippen LogP contribution in [0.25, 0.3) is 120 Å². The van der Waals surface area contributed by atoms with E-state index in [4.69, 9.17) is 19.4 Å². The first-order valence-electron chi connectivity index (χ1n) is 19.4. The van der Waals surface area contributed by atoms with Crippen LogP contribution < -0.4 is 0 Å². The van der Waals surface area contributed by atoms with Crippen molar-refractivity contribution in [1.29, 1.82) is 0 Å². The Labute approximate surface area is 337 Å². The third kappa shape index (κ3) is 5.25. The summed E-state index contributed by atoms with van der Waals surface area (Å²) < 4.78 is 8.99. The van der Waals surface area contributed by atoms with E-state index in [0.29, 0.717) is 17.5 Å². The van der Waals surface area contributed by atoms with E-state index in [2.05, 4.69) is 170 Å². The van der Waals surface area contributed by atoms with E-state index in [1.807, 2.05) is 18.2 Å². The van der Waals surface area contributed by atoms with E-state index in [0.717, 1.165) is 55.3 Å². The lowest BCUT2D eigenvalue weighted by molar-refractivity contribution is 0.669. The van der Waals surface area contributed by atoms with Crippen molar-refractivity contribution in [2.24, 2.45) is 0 Å². The Morgan fingerprint density at radius 3 is 1.86 bits per heavy atom. The molecule has 4 nitrogen and oxygen atoms in total. The molecule has 0 bridgehead atoms. The highest BCUT2D eigenvalue weighted by molar-refractivity contribution is 7.25. The fourth-order valence-corrected chi connectivity index (χ4v) is 9.79. The Morgan fingerprint density at radius 2 is 0.966 bits per heavy atom. The van der Waals surface area contributed by atoms with Crippen molar-refractivity contribution < 1.29 is 4.42 Å². The van der Waals surface area contributed by atoms with Gasteiger partial charge in [-0.25, -0.2) is 15.0 Å². The van der Waals surface area contributed by atoms with E-state index in [9.17, 15) is 0 Å². The molecule has 0 unspecified atom stereocenters. The lowest BCUT2D eigenvalue weighted by atomic mass is 9.92. The number of hydrogen-bond donors (Lipinski definition) is 0. The van der Waals surface area contributed by atoms with Gasteiger partial charge in [0.2, 0.25) is 0 Å². The first-order valence-corrected chi connectivity index (χ1v) is 20.2. The Kier molecular flexibility index (Phi) is 7.37. The molecular weight excluding hydrogens is 727 g/mol. The largest absolute Gasteiger partial charge is 0.456 e. The van der Waals surface area contributed by atoms with Gasteiger partial charge in [0.1, 0.15) is 11.2 Å². The van der Waals surface area contributed by atoms with Crippen LogP contribution in [-0.4, -0.2) is 15.0 Å². The molecule has 12 aromatic rings. The summed E-state index contributed by atoms with van der Waals surface area (Å²) in [5.74, 6) is 1.91. The highest BCUT2D eigenvalue weighted by atomic mass is 32.1. The number of aromatic nitrogens is 3. The molecule has 0 spiro atoms. The number of nitrogens with zero attached hydrogens (tertiary/aromatic N) is 3. The number of hydrogen-bond acceptors (Lipinski definition) is 5. The molecule has 0 aliphatic heterocycles.